The quantitative estimate of drug-likeness (QED) is 0.109. The Bertz CT molecular complexity index is 1190. The van der Waals surface area contributed by atoms with Crippen LogP contribution in [0, 0.1) is 17.3 Å². The fourth-order valence-electron chi connectivity index (χ4n) is 2.73. The minimum atomic E-state index is 0.0395. The second-order valence-electron chi connectivity index (χ2n) is 13.0. The van der Waals surface area contributed by atoms with Gasteiger partial charge in [-0.15, -0.1) is 0 Å². The zero-order valence-corrected chi connectivity index (χ0v) is 43.0. The first-order valence-corrected chi connectivity index (χ1v) is 21.6. The molecule has 10 heteroatoms. The van der Waals surface area contributed by atoms with Gasteiger partial charge in [0.25, 0.3) is 0 Å². The van der Waals surface area contributed by atoms with E-state index in [2.05, 4.69) is 93.3 Å². The molecular formula is C50H92Cl2N4O4. The van der Waals surface area contributed by atoms with Gasteiger partial charge in [-0.05, 0) is 113 Å². The van der Waals surface area contributed by atoms with Gasteiger partial charge < -0.3 is 35.1 Å². The number of halogens is 2. The molecule has 0 bridgehead atoms. The minimum absolute atomic E-state index is 0.0395. The van der Waals surface area contributed by atoms with Gasteiger partial charge in [0.2, 0.25) is 5.91 Å². The van der Waals surface area contributed by atoms with Gasteiger partial charge in [0, 0.05) is 48.2 Å². The van der Waals surface area contributed by atoms with E-state index in [0.29, 0.717) is 19.6 Å². The standard InChI is InChI=1S/C17H24O.C6H7Cl.C6H5Cl.C6H14N2O.C4H10.2C3H9N.C2H6O.C2H6.CH2O/c1-7-12-15(8-2)16(18-9-3)13-10-11-14-17(4,5)6;2*7-6-4-2-1-3-5-6;1-3-4-8-6(9)5-7-2;1-3-4-2;1-4(2)3;1-3-4-2;1-3-2;2*1-2/h7-8,12-13H,1-2,9-10H2,3-6H3;1-2,4H,3,5H2;1-5H;7H,3-5H2,1-2H3,(H,8,9);3-4H2,1-2H3;1-3H3;4H,3H2,1-2H3;1-2H3;1-2H3;1H2/b15-12-,16-13+;;;;;;;;;. The Balaban J connectivity index is -0.0000000915. The zero-order valence-electron chi connectivity index (χ0n) is 41.5. The third-order valence-corrected chi connectivity index (χ3v) is 5.98. The van der Waals surface area contributed by atoms with E-state index in [1.54, 1.807) is 33.4 Å². The highest BCUT2D eigenvalue weighted by atomic mass is 35.5. The molecule has 0 radical (unpaired) electrons. The largest absolute Gasteiger partial charge is 0.494 e. The lowest BCUT2D eigenvalue weighted by molar-refractivity contribution is -0.120. The number of ether oxygens (including phenoxy) is 2. The Morgan fingerprint density at radius 1 is 0.917 bits per heavy atom. The van der Waals surface area contributed by atoms with E-state index in [0.717, 1.165) is 53.7 Å². The number of amides is 1. The summed E-state index contributed by atoms with van der Waals surface area (Å²) in [5, 5.41) is 10.2. The van der Waals surface area contributed by atoms with Crippen molar-refractivity contribution in [3.63, 3.8) is 0 Å². The van der Waals surface area contributed by atoms with Crippen LogP contribution in [0.15, 0.2) is 102 Å². The van der Waals surface area contributed by atoms with Crippen molar-refractivity contribution in [2.24, 2.45) is 5.41 Å². The third kappa shape index (κ3) is 90.6. The molecule has 1 aromatic rings. The van der Waals surface area contributed by atoms with Crippen molar-refractivity contribution in [2.75, 3.05) is 75.7 Å². The molecule has 8 nitrogen and oxygen atoms in total. The van der Waals surface area contributed by atoms with Crippen molar-refractivity contribution in [1.29, 1.82) is 0 Å². The summed E-state index contributed by atoms with van der Waals surface area (Å²) in [7, 11) is 12.9. The highest BCUT2D eigenvalue weighted by Gasteiger charge is 2.03. The molecule has 0 aromatic heterocycles. The van der Waals surface area contributed by atoms with Crippen LogP contribution >= 0.6 is 23.2 Å². The maximum atomic E-state index is 10.6. The van der Waals surface area contributed by atoms with E-state index in [1.807, 2.05) is 122 Å². The van der Waals surface area contributed by atoms with Crippen molar-refractivity contribution >= 4 is 35.9 Å². The Hall–Kier alpha value is -3.42. The van der Waals surface area contributed by atoms with Crippen molar-refractivity contribution in [2.45, 2.75) is 108 Å². The molecule has 1 aliphatic rings. The second-order valence-corrected chi connectivity index (χ2v) is 14.0. The van der Waals surface area contributed by atoms with Crippen LogP contribution in [0.2, 0.25) is 5.02 Å². The highest BCUT2D eigenvalue weighted by Crippen LogP contribution is 2.15. The molecular weight excluding hydrogens is 791 g/mol. The van der Waals surface area contributed by atoms with E-state index in [-0.39, 0.29) is 11.3 Å². The molecule has 0 heterocycles. The van der Waals surface area contributed by atoms with Crippen molar-refractivity contribution in [3.8, 4) is 11.8 Å². The fraction of sp³-hybridized carbons (Fsp3) is 0.560. The van der Waals surface area contributed by atoms with Crippen LogP contribution < -0.4 is 16.0 Å². The van der Waals surface area contributed by atoms with E-state index in [1.165, 1.54) is 12.8 Å². The molecule has 0 saturated carbocycles. The Morgan fingerprint density at radius 2 is 1.42 bits per heavy atom. The van der Waals surface area contributed by atoms with Crippen LogP contribution in [-0.2, 0) is 19.1 Å². The lowest BCUT2D eigenvalue weighted by Crippen LogP contribution is -2.32. The molecule has 2 rings (SSSR count). The Morgan fingerprint density at radius 3 is 1.68 bits per heavy atom. The monoisotopic (exact) mass is 883 g/mol. The third-order valence-electron chi connectivity index (χ3n) is 5.41. The van der Waals surface area contributed by atoms with Crippen molar-refractivity contribution < 1.29 is 19.1 Å². The summed E-state index contributed by atoms with van der Waals surface area (Å²) in [6, 6.07) is 9.44. The normalized spacial score (nSPS) is 10.4. The van der Waals surface area contributed by atoms with Gasteiger partial charge in [-0.1, -0.05) is 151 Å². The predicted octanol–water partition coefficient (Wildman–Crippen LogP) is 12.5. The average Bonchev–Trinajstić information content (AvgIpc) is 3.23. The molecule has 0 unspecified atom stereocenters. The number of hydrogen-bond acceptors (Lipinski definition) is 7. The van der Waals surface area contributed by atoms with E-state index < -0.39 is 0 Å². The molecule has 3 N–H and O–H groups in total. The first-order chi connectivity index (χ1) is 28.5. The predicted molar refractivity (Wildman–Crippen MR) is 272 cm³/mol. The molecule has 60 heavy (non-hydrogen) atoms. The van der Waals surface area contributed by atoms with Crippen LogP contribution in [0.1, 0.15) is 108 Å². The number of carbonyl (C=O) groups is 2. The molecule has 0 atom stereocenters. The van der Waals surface area contributed by atoms with Crippen LogP contribution in [0.5, 0.6) is 0 Å². The first kappa shape index (κ1) is 74.1. The fourth-order valence-corrected chi connectivity index (χ4v) is 3.06. The zero-order chi connectivity index (χ0) is 48.5. The number of nitrogens with zero attached hydrogens (tertiary/aromatic N) is 1. The van der Waals surface area contributed by atoms with E-state index in [4.69, 9.17) is 32.7 Å². The van der Waals surface area contributed by atoms with Crippen LogP contribution in [0.3, 0.4) is 0 Å². The summed E-state index contributed by atoms with van der Waals surface area (Å²) in [4.78, 5) is 20.6. The van der Waals surface area contributed by atoms with Gasteiger partial charge in [0.1, 0.15) is 12.5 Å². The van der Waals surface area contributed by atoms with Crippen LogP contribution in [-0.4, -0.2) is 93.3 Å². The Labute approximate surface area is 382 Å². The van der Waals surface area contributed by atoms with Crippen molar-refractivity contribution in [3.05, 3.63) is 107 Å². The molecule has 0 fully saturated rings. The summed E-state index contributed by atoms with van der Waals surface area (Å²) in [6.45, 7) is 33.1. The van der Waals surface area contributed by atoms with Gasteiger partial charge in [0.05, 0.1) is 13.2 Å². The van der Waals surface area contributed by atoms with Gasteiger partial charge in [-0.2, -0.15) is 0 Å². The minimum Gasteiger partial charge on any atom is -0.494 e. The molecule has 1 aliphatic carbocycles. The smallest absolute Gasteiger partial charge is 0.233 e. The lowest BCUT2D eigenvalue weighted by Gasteiger charge is -2.09. The van der Waals surface area contributed by atoms with Crippen LogP contribution in [0.4, 0.5) is 0 Å². The average molecular weight is 884 g/mol. The number of benzene rings is 1. The van der Waals surface area contributed by atoms with Crippen molar-refractivity contribution in [1.82, 2.24) is 20.9 Å². The summed E-state index contributed by atoms with van der Waals surface area (Å²) < 4.78 is 9.84. The number of unbranched alkanes of at least 4 members (excludes halogenated alkanes) is 1. The number of rotatable bonds is 12. The lowest BCUT2D eigenvalue weighted by atomic mass is 9.98. The maximum absolute atomic E-state index is 10.6. The maximum Gasteiger partial charge on any atom is 0.233 e. The first-order valence-electron chi connectivity index (χ1n) is 20.9. The molecule has 1 aromatic carbocycles. The summed E-state index contributed by atoms with van der Waals surface area (Å²) in [5.74, 6) is 7.22. The second kappa shape index (κ2) is 67.4. The number of methoxy groups -OCH3 is 1. The molecule has 0 aliphatic heterocycles. The molecule has 1 amide bonds. The van der Waals surface area contributed by atoms with Gasteiger partial charge in [0.15, 0.2) is 0 Å². The topological polar surface area (TPSA) is 91.9 Å². The summed E-state index contributed by atoms with van der Waals surface area (Å²) in [6.07, 6.45) is 19.8. The molecule has 350 valence electrons. The molecule has 0 spiro atoms. The van der Waals surface area contributed by atoms with Gasteiger partial charge in [-0.3, -0.25) is 4.79 Å². The molecule has 0 saturated heterocycles. The number of nitrogens with one attached hydrogen (secondary N) is 3. The van der Waals surface area contributed by atoms with Crippen LogP contribution in [0.25, 0.3) is 0 Å². The van der Waals surface area contributed by atoms with Gasteiger partial charge >= 0.3 is 0 Å². The summed E-state index contributed by atoms with van der Waals surface area (Å²) in [5.41, 5.74) is 0.974. The SMILES string of the molecule is C=C/C=C(C=C)\C(=C/CC#CC(C)(C)C)OCC.C=O.CC.CCCC.CCCNC(=O)CNC.CCNC.CN(C)C.COC.ClC1=CC=CCC1.Clc1ccccc1. The number of allylic oxidation sites excluding steroid dienone is 8. The van der Waals surface area contributed by atoms with E-state index in [9.17, 15) is 4.79 Å². The summed E-state index contributed by atoms with van der Waals surface area (Å²) >= 11 is 11.2. The number of likely N-dealkylation sites (N-methyl/N-ethyl adjacent to an activating group) is 1. The number of carbonyl (C=O) groups excluding carboxylic acids is 2. The highest BCUT2D eigenvalue weighted by molar-refractivity contribution is 6.30. The number of hydrogen-bond donors (Lipinski definition) is 3. The van der Waals surface area contributed by atoms with E-state index >= 15 is 0 Å². The van der Waals surface area contributed by atoms with Gasteiger partial charge in [-0.25, -0.2) is 0 Å². The Kier molecular flexibility index (Phi) is 83.1.